The zero-order valence-corrected chi connectivity index (χ0v) is 10.8. The maximum Gasteiger partial charge on any atom is 0.251 e. The number of amides is 1. The van der Waals surface area contributed by atoms with Crippen LogP contribution in [0.1, 0.15) is 10.4 Å². The van der Waals surface area contributed by atoms with Crippen molar-refractivity contribution < 1.29 is 4.79 Å². The van der Waals surface area contributed by atoms with Crippen molar-refractivity contribution in [3.63, 3.8) is 0 Å². The van der Waals surface area contributed by atoms with Crippen LogP contribution >= 0.6 is 28.3 Å². The van der Waals surface area contributed by atoms with E-state index in [-0.39, 0.29) is 18.3 Å². The number of carbonyl (C=O) groups excluding carboxylic acids is 1. The molecule has 0 saturated carbocycles. The van der Waals surface area contributed by atoms with Gasteiger partial charge in [0.25, 0.3) is 5.91 Å². The van der Waals surface area contributed by atoms with Crippen LogP contribution in [0, 0.1) is 0 Å². The molecule has 1 amide bonds. The minimum atomic E-state index is -0.0402. The average Bonchev–Trinajstić information content (AvgIpc) is 2.18. The van der Waals surface area contributed by atoms with Gasteiger partial charge in [0.1, 0.15) is 0 Å². The lowest BCUT2D eigenvalue weighted by Gasteiger charge is -2.04. The second-order valence-corrected chi connectivity index (χ2v) is 3.79. The summed E-state index contributed by atoms with van der Waals surface area (Å²) in [6, 6.07) is 7.33. The molecule has 0 fully saturated rings. The number of benzene rings is 1. The molecular formula is C10H14BrClN2O. The van der Waals surface area contributed by atoms with Crippen LogP contribution in [0.15, 0.2) is 28.7 Å². The second-order valence-electron chi connectivity index (χ2n) is 2.87. The molecule has 0 radical (unpaired) electrons. The topological polar surface area (TPSA) is 41.1 Å². The van der Waals surface area contributed by atoms with Crippen molar-refractivity contribution in [3.8, 4) is 0 Å². The minimum absolute atomic E-state index is 0. The summed E-state index contributed by atoms with van der Waals surface area (Å²) < 4.78 is 0.916. The van der Waals surface area contributed by atoms with E-state index in [9.17, 15) is 4.79 Å². The van der Waals surface area contributed by atoms with Gasteiger partial charge in [-0.1, -0.05) is 22.0 Å². The van der Waals surface area contributed by atoms with Crippen molar-refractivity contribution >= 4 is 34.2 Å². The lowest BCUT2D eigenvalue weighted by Crippen LogP contribution is -2.30. The molecular weight excluding hydrogens is 279 g/mol. The Balaban J connectivity index is 0.00000196. The first-order chi connectivity index (χ1) is 6.74. The lowest BCUT2D eigenvalue weighted by molar-refractivity contribution is 0.0954. The van der Waals surface area contributed by atoms with Crippen LogP contribution in [0.5, 0.6) is 0 Å². The molecule has 0 unspecified atom stereocenters. The summed E-state index contributed by atoms with van der Waals surface area (Å²) in [5.41, 5.74) is 0.676. The molecule has 0 aliphatic heterocycles. The number of hydrogen-bond donors (Lipinski definition) is 2. The molecule has 0 aliphatic carbocycles. The molecule has 0 aliphatic rings. The fraction of sp³-hybridized carbons (Fsp3) is 0.300. The summed E-state index contributed by atoms with van der Waals surface area (Å²) in [4.78, 5) is 11.5. The molecule has 0 atom stereocenters. The number of hydrogen-bond acceptors (Lipinski definition) is 2. The highest BCUT2D eigenvalue weighted by Crippen LogP contribution is 2.11. The first-order valence-corrected chi connectivity index (χ1v) is 5.21. The van der Waals surface area contributed by atoms with Gasteiger partial charge in [-0.05, 0) is 25.2 Å². The van der Waals surface area contributed by atoms with Crippen molar-refractivity contribution in [2.45, 2.75) is 0 Å². The van der Waals surface area contributed by atoms with Gasteiger partial charge in [0.15, 0.2) is 0 Å². The molecule has 0 aromatic heterocycles. The predicted molar refractivity (Wildman–Crippen MR) is 67.6 cm³/mol. The Morgan fingerprint density at radius 1 is 1.40 bits per heavy atom. The van der Waals surface area contributed by atoms with Gasteiger partial charge >= 0.3 is 0 Å². The molecule has 0 spiro atoms. The maximum atomic E-state index is 11.5. The van der Waals surface area contributed by atoms with Crippen molar-refractivity contribution in [3.05, 3.63) is 34.3 Å². The molecule has 5 heteroatoms. The molecule has 84 valence electrons. The fourth-order valence-electron chi connectivity index (χ4n) is 1.03. The Morgan fingerprint density at radius 2 is 2.13 bits per heavy atom. The summed E-state index contributed by atoms with van der Waals surface area (Å²) in [6.45, 7) is 1.42. The first kappa shape index (κ1) is 14.4. The molecule has 15 heavy (non-hydrogen) atoms. The van der Waals surface area contributed by atoms with Gasteiger partial charge in [0.2, 0.25) is 0 Å². The van der Waals surface area contributed by atoms with Gasteiger partial charge in [0, 0.05) is 23.1 Å². The van der Waals surface area contributed by atoms with Crippen molar-refractivity contribution in [1.29, 1.82) is 0 Å². The predicted octanol–water partition coefficient (Wildman–Crippen LogP) is 1.82. The van der Waals surface area contributed by atoms with Crippen LogP contribution in [0.2, 0.25) is 0 Å². The Labute approximate surface area is 104 Å². The van der Waals surface area contributed by atoms with Gasteiger partial charge in [0.05, 0.1) is 0 Å². The van der Waals surface area contributed by atoms with E-state index >= 15 is 0 Å². The van der Waals surface area contributed by atoms with E-state index in [0.717, 1.165) is 11.0 Å². The maximum absolute atomic E-state index is 11.5. The molecule has 1 aromatic carbocycles. The molecule has 1 aromatic rings. The number of nitrogens with one attached hydrogen (secondary N) is 2. The summed E-state index contributed by atoms with van der Waals surface area (Å²) in [7, 11) is 1.85. The highest BCUT2D eigenvalue weighted by atomic mass is 79.9. The zero-order chi connectivity index (χ0) is 10.4. The summed E-state index contributed by atoms with van der Waals surface area (Å²) >= 11 is 3.32. The molecule has 0 heterocycles. The van der Waals surface area contributed by atoms with E-state index in [1.54, 1.807) is 12.1 Å². The average molecular weight is 294 g/mol. The standard InChI is InChI=1S/C10H13BrN2O.ClH/c1-12-5-6-13-10(14)8-3-2-4-9(11)7-8;/h2-4,7,12H,5-6H2,1H3,(H,13,14);1H. The van der Waals surface area contributed by atoms with Crippen LogP contribution in [0.25, 0.3) is 0 Å². The third-order valence-electron chi connectivity index (χ3n) is 1.75. The van der Waals surface area contributed by atoms with Crippen molar-refractivity contribution in [1.82, 2.24) is 10.6 Å². The monoisotopic (exact) mass is 292 g/mol. The van der Waals surface area contributed by atoms with E-state index in [0.29, 0.717) is 12.1 Å². The van der Waals surface area contributed by atoms with Gasteiger partial charge < -0.3 is 10.6 Å². The van der Waals surface area contributed by atoms with E-state index in [1.807, 2.05) is 19.2 Å². The zero-order valence-electron chi connectivity index (χ0n) is 8.42. The number of likely N-dealkylation sites (N-methyl/N-ethyl adjacent to an activating group) is 1. The molecule has 2 N–H and O–H groups in total. The van der Waals surface area contributed by atoms with Crippen LogP contribution in [-0.4, -0.2) is 26.0 Å². The van der Waals surface area contributed by atoms with Crippen LogP contribution in [0.4, 0.5) is 0 Å². The summed E-state index contributed by atoms with van der Waals surface area (Å²) in [6.07, 6.45) is 0. The Morgan fingerprint density at radius 3 is 2.73 bits per heavy atom. The highest BCUT2D eigenvalue weighted by molar-refractivity contribution is 9.10. The third-order valence-corrected chi connectivity index (χ3v) is 2.24. The molecule has 0 saturated heterocycles. The number of carbonyl (C=O) groups is 1. The largest absolute Gasteiger partial charge is 0.351 e. The van der Waals surface area contributed by atoms with Crippen LogP contribution < -0.4 is 10.6 Å². The smallest absolute Gasteiger partial charge is 0.251 e. The van der Waals surface area contributed by atoms with Gasteiger partial charge in [-0.15, -0.1) is 12.4 Å². The quantitative estimate of drug-likeness (QED) is 0.832. The molecule has 0 bridgehead atoms. The Kier molecular flexibility index (Phi) is 7.38. The van der Waals surface area contributed by atoms with Crippen molar-refractivity contribution in [2.24, 2.45) is 0 Å². The SMILES string of the molecule is CNCCNC(=O)c1cccc(Br)c1.Cl. The number of halogens is 2. The number of rotatable bonds is 4. The minimum Gasteiger partial charge on any atom is -0.351 e. The van der Waals surface area contributed by atoms with Crippen LogP contribution in [-0.2, 0) is 0 Å². The first-order valence-electron chi connectivity index (χ1n) is 4.42. The second kappa shape index (κ2) is 7.68. The lowest BCUT2D eigenvalue weighted by atomic mass is 10.2. The van der Waals surface area contributed by atoms with Gasteiger partial charge in [-0.3, -0.25) is 4.79 Å². The van der Waals surface area contributed by atoms with Gasteiger partial charge in [-0.2, -0.15) is 0 Å². The Hall–Kier alpha value is -0.580. The molecule has 3 nitrogen and oxygen atoms in total. The fourth-order valence-corrected chi connectivity index (χ4v) is 1.43. The van der Waals surface area contributed by atoms with E-state index < -0.39 is 0 Å². The van der Waals surface area contributed by atoms with E-state index in [2.05, 4.69) is 26.6 Å². The summed E-state index contributed by atoms with van der Waals surface area (Å²) in [5.74, 6) is -0.0402. The summed E-state index contributed by atoms with van der Waals surface area (Å²) in [5, 5.41) is 5.77. The van der Waals surface area contributed by atoms with Crippen molar-refractivity contribution in [2.75, 3.05) is 20.1 Å². The highest BCUT2D eigenvalue weighted by Gasteiger charge is 2.03. The van der Waals surface area contributed by atoms with E-state index in [4.69, 9.17) is 0 Å². The normalized spacial score (nSPS) is 9.20. The van der Waals surface area contributed by atoms with Crippen LogP contribution in [0.3, 0.4) is 0 Å². The molecule has 1 rings (SSSR count). The van der Waals surface area contributed by atoms with Gasteiger partial charge in [-0.25, -0.2) is 0 Å². The third kappa shape index (κ3) is 5.16. The Bertz CT molecular complexity index is 320. The van der Waals surface area contributed by atoms with E-state index in [1.165, 1.54) is 0 Å².